The molecule has 0 fully saturated rings. The van der Waals surface area contributed by atoms with Gasteiger partial charge in [-0.25, -0.2) is 0 Å². The first-order chi connectivity index (χ1) is 14.0. The van der Waals surface area contributed by atoms with E-state index in [9.17, 15) is 20.0 Å². The van der Waals surface area contributed by atoms with Crippen LogP contribution in [-0.2, 0) is 16.0 Å². The molecule has 0 aromatic heterocycles. The van der Waals surface area contributed by atoms with Crippen LogP contribution in [0.2, 0.25) is 0 Å². The van der Waals surface area contributed by atoms with Gasteiger partial charge in [0.2, 0.25) is 0 Å². The number of hydrogen-bond donors (Lipinski definition) is 1. The molecule has 0 aliphatic carbocycles. The van der Waals surface area contributed by atoms with Gasteiger partial charge >= 0.3 is 0 Å². The maximum Gasteiger partial charge on any atom is 0.269 e. The van der Waals surface area contributed by atoms with Gasteiger partial charge in [0.1, 0.15) is 28.5 Å². The highest BCUT2D eigenvalue weighted by Gasteiger charge is 2.47. The standard InChI is InChI=1S/C23H25NO6/c1-6-14-7-10-17(29-16-11-8-15(9-12-16)24(27)28)13-18(14)19-20(25)22(2,3)30-23(4,5)21(19)26/h7-13,25H,6H2,1-5H3. The molecule has 0 bridgehead atoms. The molecule has 1 heterocycles. The van der Waals surface area contributed by atoms with Gasteiger partial charge in [0, 0.05) is 12.1 Å². The number of carbonyl (C=O) groups is 1. The zero-order chi connectivity index (χ0) is 22.3. The molecular weight excluding hydrogens is 386 g/mol. The van der Waals surface area contributed by atoms with Crippen LogP contribution >= 0.6 is 0 Å². The average molecular weight is 411 g/mol. The van der Waals surface area contributed by atoms with E-state index in [4.69, 9.17) is 9.47 Å². The molecular formula is C23H25NO6. The molecule has 2 aromatic carbocycles. The second kappa shape index (κ2) is 7.57. The number of Topliss-reactive ketones (excluding diaryl/α,β-unsaturated/α-hetero) is 1. The fourth-order valence-corrected chi connectivity index (χ4v) is 3.62. The summed E-state index contributed by atoms with van der Waals surface area (Å²) in [5, 5.41) is 21.7. The van der Waals surface area contributed by atoms with E-state index in [1.54, 1.807) is 39.8 Å². The molecule has 0 radical (unpaired) electrons. The third-order valence-electron chi connectivity index (χ3n) is 5.11. The van der Waals surface area contributed by atoms with Gasteiger partial charge in [0.15, 0.2) is 5.78 Å². The van der Waals surface area contributed by atoms with E-state index in [1.807, 2.05) is 13.0 Å². The van der Waals surface area contributed by atoms with Gasteiger partial charge in [0.25, 0.3) is 5.69 Å². The molecule has 158 valence electrons. The third kappa shape index (κ3) is 3.93. The summed E-state index contributed by atoms with van der Waals surface area (Å²) in [7, 11) is 0. The molecule has 0 saturated heterocycles. The minimum atomic E-state index is -1.09. The van der Waals surface area contributed by atoms with Gasteiger partial charge in [-0.3, -0.25) is 14.9 Å². The Bertz CT molecular complexity index is 1030. The molecule has 3 rings (SSSR count). The van der Waals surface area contributed by atoms with Gasteiger partial charge in [0.05, 0.1) is 10.5 Å². The van der Waals surface area contributed by atoms with E-state index in [1.165, 1.54) is 24.3 Å². The molecule has 0 spiro atoms. The number of hydrogen-bond acceptors (Lipinski definition) is 6. The van der Waals surface area contributed by atoms with E-state index >= 15 is 0 Å². The topological polar surface area (TPSA) is 98.9 Å². The number of rotatable bonds is 5. The normalized spacial score (nSPS) is 17.7. The Morgan fingerprint density at radius 1 is 1.03 bits per heavy atom. The van der Waals surface area contributed by atoms with E-state index in [0.717, 1.165) is 5.56 Å². The van der Waals surface area contributed by atoms with Gasteiger partial charge in [-0.1, -0.05) is 13.0 Å². The Hall–Kier alpha value is -3.19. The molecule has 1 N–H and O–H groups in total. The number of nitro groups is 1. The van der Waals surface area contributed by atoms with Gasteiger partial charge in [-0.05, 0) is 69.5 Å². The molecule has 30 heavy (non-hydrogen) atoms. The summed E-state index contributed by atoms with van der Waals surface area (Å²) in [5.74, 6) is 0.453. The van der Waals surface area contributed by atoms with Gasteiger partial charge < -0.3 is 14.6 Å². The van der Waals surface area contributed by atoms with E-state index in [2.05, 4.69) is 0 Å². The maximum absolute atomic E-state index is 13.1. The summed E-state index contributed by atoms with van der Waals surface area (Å²) in [4.78, 5) is 23.5. The predicted octanol–water partition coefficient (Wildman–Crippen LogP) is 5.38. The van der Waals surface area contributed by atoms with Crippen molar-refractivity contribution in [2.45, 2.75) is 52.2 Å². The number of ether oxygens (including phenoxy) is 2. The first kappa shape index (κ1) is 21.5. The minimum Gasteiger partial charge on any atom is -0.508 e. The van der Waals surface area contributed by atoms with Crippen molar-refractivity contribution in [1.82, 2.24) is 0 Å². The summed E-state index contributed by atoms with van der Waals surface area (Å²) in [6, 6.07) is 11.1. The van der Waals surface area contributed by atoms with Crippen molar-refractivity contribution in [2.24, 2.45) is 0 Å². The molecule has 0 amide bonds. The van der Waals surface area contributed by atoms with Crippen molar-refractivity contribution >= 4 is 17.0 Å². The van der Waals surface area contributed by atoms with E-state index < -0.39 is 16.1 Å². The van der Waals surface area contributed by atoms with Crippen LogP contribution in [0, 0.1) is 10.1 Å². The van der Waals surface area contributed by atoms with Crippen molar-refractivity contribution in [2.75, 3.05) is 0 Å². The smallest absolute Gasteiger partial charge is 0.269 e. The molecule has 7 heteroatoms. The maximum atomic E-state index is 13.1. The lowest BCUT2D eigenvalue weighted by Crippen LogP contribution is -2.49. The third-order valence-corrected chi connectivity index (χ3v) is 5.11. The summed E-state index contributed by atoms with van der Waals surface area (Å²) in [5.41, 5.74) is -0.449. The summed E-state index contributed by atoms with van der Waals surface area (Å²) in [6.45, 7) is 8.78. The lowest BCUT2D eigenvalue weighted by Gasteiger charge is -2.40. The molecule has 2 aromatic rings. The summed E-state index contributed by atoms with van der Waals surface area (Å²) in [6.07, 6.45) is 0.652. The Balaban J connectivity index is 2.06. The Kier molecular flexibility index (Phi) is 5.43. The Morgan fingerprint density at radius 3 is 2.20 bits per heavy atom. The monoisotopic (exact) mass is 411 g/mol. The number of aryl methyl sites for hydroxylation is 1. The van der Waals surface area contributed by atoms with Crippen molar-refractivity contribution in [3.63, 3.8) is 0 Å². The molecule has 0 unspecified atom stereocenters. The van der Waals surface area contributed by atoms with Crippen molar-refractivity contribution < 1.29 is 24.3 Å². The Morgan fingerprint density at radius 2 is 1.63 bits per heavy atom. The quantitative estimate of drug-likeness (QED) is 0.524. The predicted molar refractivity (Wildman–Crippen MR) is 113 cm³/mol. The fourth-order valence-electron chi connectivity index (χ4n) is 3.62. The molecule has 0 atom stereocenters. The molecule has 1 aliphatic rings. The lowest BCUT2D eigenvalue weighted by molar-refractivity contribution is -0.384. The van der Waals surface area contributed by atoms with Gasteiger partial charge in [-0.2, -0.15) is 0 Å². The number of carbonyl (C=O) groups excluding carboxylic acids is 1. The van der Waals surface area contributed by atoms with Crippen LogP contribution in [0.4, 0.5) is 5.69 Å². The number of non-ortho nitro benzene ring substituents is 1. The van der Waals surface area contributed by atoms with Crippen LogP contribution in [-0.4, -0.2) is 27.0 Å². The van der Waals surface area contributed by atoms with Crippen molar-refractivity contribution in [3.8, 4) is 11.5 Å². The van der Waals surface area contributed by atoms with Crippen LogP contribution in [0.3, 0.4) is 0 Å². The highest BCUT2D eigenvalue weighted by molar-refractivity contribution is 6.26. The van der Waals surface area contributed by atoms with E-state index in [0.29, 0.717) is 23.5 Å². The number of benzene rings is 2. The summed E-state index contributed by atoms with van der Waals surface area (Å²) < 4.78 is 11.7. The number of nitrogens with zero attached hydrogens (tertiary/aromatic N) is 1. The first-order valence-corrected chi connectivity index (χ1v) is 9.70. The van der Waals surface area contributed by atoms with Crippen LogP contribution in [0.1, 0.15) is 45.7 Å². The number of aliphatic hydroxyl groups is 1. The van der Waals surface area contributed by atoms with Crippen molar-refractivity contribution in [1.29, 1.82) is 0 Å². The largest absolute Gasteiger partial charge is 0.508 e. The van der Waals surface area contributed by atoms with Gasteiger partial charge in [-0.15, -0.1) is 0 Å². The second-order valence-corrected chi connectivity index (χ2v) is 8.20. The van der Waals surface area contributed by atoms with Crippen LogP contribution in [0.25, 0.3) is 5.57 Å². The van der Waals surface area contributed by atoms with Crippen LogP contribution in [0.5, 0.6) is 11.5 Å². The highest BCUT2D eigenvalue weighted by atomic mass is 16.6. The lowest BCUT2D eigenvalue weighted by atomic mass is 9.81. The van der Waals surface area contributed by atoms with Crippen molar-refractivity contribution in [3.05, 3.63) is 69.5 Å². The minimum absolute atomic E-state index is 0.0308. The SMILES string of the molecule is CCc1ccc(Oc2ccc([N+](=O)[O-])cc2)cc1C1=C(O)C(C)(C)OC(C)(C)C1=O. The highest BCUT2D eigenvalue weighted by Crippen LogP contribution is 2.42. The molecule has 7 nitrogen and oxygen atoms in total. The average Bonchev–Trinajstić information content (AvgIpc) is 2.67. The number of ketones is 1. The summed E-state index contributed by atoms with van der Waals surface area (Å²) >= 11 is 0. The van der Waals surface area contributed by atoms with Crippen LogP contribution < -0.4 is 4.74 Å². The molecule has 1 aliphatic heterocycles. The van der Waals surface area contributed by atoms with Crippen LogP contribution in [0.15, 0.2) is 48.2 Å². The fraction of sp³-hybridized carbons (Fsp3) is 0.348. The number of aliphatic hydroxyl groups excluding tert-OH is 1. The first-order valence-electron chi connectivity index (χ1n) is 9.70. The number of nitro benzene ring substituents is 1. The second-order valence-electron chi connectivity index (χ2n) is 8.20. The van der Waals surface area contributed by atoms with E-state index in [-0.39, 0.29) is 22.8 Å². The zero-order valence-electron chi connectivity index (χ0n) is 17.7. The molecule has 0 saturated carbocycles. The zero-order valence-corrected chi connectivity index (χ0v) is 17.7. The Labute approximate surface area is 175 Å².